The zero-order valence-electron chi connectivity index (χ0n) is 40.3. The first-order valence-electron chi connectivity index (χ1n) is 23.1. The molecule has 4 aromatic carbocycles. The van der Waals surface area contributed by atoms with Gasteiger partial charge in [-0.15, -0.1) is 0 Å². The summed E-state index contributed by atoms with van der Waals surface area (Å²) in [5.74, 6) is 2.63. The molecule has 1 aliphatic rings. The minimum Gasteiger partial charge on any atom is -0.439 e. The van der Waals surface area contributed by atoms with Gasteiger partial charge in [0.05, 0.1) is 40.1 Å². The molecule has 17 heteroatoms. The van der Waals surface area contributed by atoms with Crippen LogP contribution in [0.3, 0.4) is 0 Å². The maximum atomic E-state index is 12.2. The molecule has 0 bridgehead atoms. The van der Waals surface area contributed by atoms with Gasteiger partial charge in [-0.25, -0.2) is 35.6 Å². The van der Waals surface area contributed by atoms with E-state index in [0.29, 0.717) is 42.3 Å². The van der Waals surface area contributed by atoms with Gasteiger partial charge in [0.2, 0.25) is 31.8 Å². The van der Waals surface area contributed by atoms with Crippen LogP contribution in [0.1, 0.15) is 95.3 Å². The van der Waals surface area contributed by atoms with Crippen LogP contribution in [0, 0.1) is 0 Å². The molecule has 68 heavy (non-hydrogen) atoms. The third-order valence-corrected chi connectivity index (χ3v) is 14.7. The van der Waals surface area contributed by atoms with Crippen molar-refractivity contribution in [2.24, 2.45) is 0 Å². The summed E-state index contributed by atoms with van der Waals surface area (Å²) in [6, 6.07) is 34.1. The van der Waals surface area contributed by atoms with Crippen LogP contribution in [0.4, 0.5) is 0 Å². The van der Waals surface area contributed by atoms with E-state index in [9.17, 15) is 21.6 Å². The fourth-order valence-electron chi connectivity index (χ4n) is 7.59. The molecule has 1 unspecified atom stereocenters. The Bertz CT molecular complexity index is 2830. The van der Waals surface area contributed by atoms with E-state index in [0.717, 1.165) is 78.2 Å². The van der Waals surface area contributed by atoms with Crippen LogP contribution in [0.2, 0.25) is 0 Å². The number of nitrogens with one attached hydrogen (secondary N) is 3. The van der Waals surface area contributed by atoms with Crippen molar-refractivity contribution >= 4 is 26.3 Å². The Morgan fingerprint density at radius 2 is 1.15 bits per heavy atom. The highest BCUT2D eigenvalue weighted by atomic mass is 32.2. The number of aromatic nitrogens is 4. The highest BCUT2D eigenvalue weighted by Crippen LogP contribution is 2.33. The van der Waals surface area contributed by atoms with Crippen LogP contribution in [-0.4, -0.2) is 73.4 Å². The molecule has 0 amide bonds. The van der Waals surface area contributed by atoms with E-state index in [1.54, 1.807) is 42.8 Å². The number of rotatable bonds is 21. The summed E-state index contributed by atoms with van der Waals surface area (Å²) in [6.45, 7) is 18.4. The van der Waals surface area contributed by atoms with E-state index in [-0.39, 0.29) is 11.5 Å². The lowest BCUT2D eigenvalue weighted by molar-refractivity contribution is 0.110. The lowest BCUT2D eigenvalue weighted by atomic mass is 9.93. The molecule has 0 saturated carbocycles. The van der Waals surface area contributed by atoms with Gasteiger partial charge in [0.15, 0.2) is 0 Å². The lowest BCUT2D eigenvalue weighted by Gasteiger charge is -2.26. The number of nitrogens with zero attached hydrogens (tertiary/aromatic N) is 4. The second kappa shape index (κ2) is 22.6. The number of carbonyl (C=O) groups is 1. The maximum Gasteiger partial charge on any atom is 0.218 e. The number of carbonyl (C=O) groups excluding carboxylic acids is 1. The van der Waals surface area contributed by atoms with Crippen molar-refractivity contribution in [3.8, 4) is 45.8 Å². The molecule has 3 heterocycles. The molecular formula is C51H65N7O8S2. The normalized spacial score (nSPS) is 14.3. The first-order chi connectivity index (χ1) is 32.4. The lowest BCUT2D eigenvalue weighted by Crippen LogP contribution is -2.41. The van der Waals surface area contributed by atoms with Crippen LogP contribution in [0.5, 0.6) is 23.3 Å². The molecule has 15 nitrogen and oxygen atoms in total. The van der Waals surface area contributed by atoms with Crippen LogP contribution in [0.15, 0.2) is 109 Å². The Morgan fingerprint density at radius 3 is 1.56 bits per heavy atom. The average molecular weight is 968 g/mol. The SMILES string of the molecule is CCn1nc(-c2cccc(C(C)(C)NS(=O)(=O)CC)c2)cc1Oc1ccc(C=O)cc1.CCn1nc(-c2cccc(C(C)(C)NS(=O)(=O)CC)c2)cc1Oc1ccc(CNCC2CCCO2)cc1. The van der Waals surface area contributed by atoms with Gasteiger partial charge in [-0.05, 0) is 133 Å². The minimum absolute atomic E-state index is 0.0194. The largest absolute Gasteiger partial charge is 0.439 e. The monoisotopic (exact) mass is 967 g/mol. The summed E-state index contributed by atoms with van der Waals surface area (Å²) in [6.07, 6.45) is 3.40. The van der Waals surface area contributed by atoms with Gasteiger partial charge in [-0.3, -0.25) is 4.79 Å². The van der Waals surface area contributed by atoms with E-state index in [1.165, 1.54) is 5.56 Å². The Balaban J connectivity index is 0.000000228. The van der Waals surface area contributed by atoms with E-state index < -0.39 is 31.1 Å². The Morgan fingerprint density at radius 1 is 0.676 bits per heavy atom. The van der Waals surface area contributed by atoms with Crippen molar-refractivity contribution in [2.45, 2.75) is 105 Å². The van der Waals surface area contributed by atoms with Gasteiger partial charge in [0, 0.05) is 61.6 Å². The summed E-state index contributed by atoms with van der Waals surface area (Å²) in [5, 5.41) is 12.8. The number of hydrogen-bond donors (Lipinski definition) is 3. The number of aryl methyl sites for hydroxylation is 2. The van der Waals surface area contributed by atoms with Crippen molar-refractivity contribution in [1.82, 2.24) is 34.3 Å². The Labute approximate surface area is 401 Å². The zero-order chi connectivity index (χ0) is 49.1. The number of sulfonamides is 2. The first kappa shape index (κ1) is 51.7. The van der Waals surface area contributed by atoms with Crippen LogP contribution < -0.4 is 24.2 Å². The van der Waals surface area contributed by atoms with Gasteiger partial charge in [-0.2, -0.15) is 10.2 Å². The second-order valence-corrected chi connectivity index (χ2v) is 21.6. The average Bonchev–Trinajstić information content (AvgIpc) is 4.10. The Hall–Kier alpha value is -5.69. The molecule has 6 aromatic rings. The van der Waals surface area contributed by atoms with Crippen molar-refractivity contribution < 1.29 is 35.8 Å². The van der Waals surface area contributed by atoms with Crippen LogP contribution in [0.25, 0.3) is 22.5 Å². The predicted molar refractivity (Wildman–Crippen MR) is 267 cm³/mol. The van der Waals surface area contributed by atoms with Crippen LogP contribution in [-0.2, 0) is 55.5 Å². The summed E-state index contributed by atoms with van der Waals surface area (Å²) in [7, 11) is -6.72. The third-order valence-electron chi connectivity index (χ3n) is 11.5. The standard InChI is InChI=1S/C28H38N4O4S.C23H27N3O4S/c1-5-32-27(36-24-14-12-21(13-15-24)19-29-20-25-11-8-16-35-25)18-26(30-32)22-9-7-10-23(17-22)28(3,4)31-37(33,34)6-2;1-5-26-22(30-20-12-10-17(16-27)11-13-20)15-21(24-26)18-8-7-9-19(14-18)23(3,4)25-31(28,29)6-2/h7,9-10,12-15,17-18,25,29,31H,5-6,8,11,16,19-20H2,1-4H3;7-16,25H,5-6H2,1-4H3. The summed E-state index contributed by atoms with van der Waals surface area (Å²) in [5.41, 5.74) is 5.18. The number of benzene rings is 4. The molecule has 3 N–H and O–H groups in total. The number of hydrogen-bond acceptors (Lipinski definition) is 11. The van der Waals surface area contributed by atoms with Crippen molar-refractivity contribution in [2.75, 3.05) is 24.7 Å². The summed E-state index contributed by atoms with van der Waals surface area (Å²) in [4.78, 5) is 10.8. The molecule has 1 aliphatic heterocycles. The van der Waals surface area contributed by atoms with Gasteiger partial charge < -0.3 is 19.5 Å². The Kier molecular flexibility index (Phi) is 17.2. The number of aldehydes is 1. The fourth-order valence-corrected chi connectivity index (χ4v) is 9.67. The van der Waals surface area contributed by atoms with Crippen molar-refractivity contribution in [3.63, 3.8) is 0 Å². The quantitative estimate of drug-likeness (QED) is 0.0585. The van der Waals surface area contributed by atoms with E-state index in [2.05, 4.69) is 32.0 Å². The van der Waals surface area contributed by atoms with E-state index >= 15 is 0 Å². The third kappa shape index (κ3) is 14.0. The van der Waals surface area contributed by atoms with Gasteiger partial charge >= 0.3 is 0 Å². The predicted octanol–water partition coefficient (Wildman–Crippen LogP) is 9.15. The molecule has 1 saturated heterocycles. The second-order valence-electron chi connectivity index (χ2n) is 17.6. The molecule has 0 aliphatic carbocycles. The molecule has 1 fully saturated rings. The molecule has 0 spiro atoms. The van der Waals surface area contributed by atoms with Crippen molar-refractivity contribution in [1.29, 1.82) is 0 Å². The maximum absolute atomic E-state index is 12.2. The molecule has 1 atom stereocenters. The summed E-state index contributed by atoms with van der Waals surface area (Å²) < 4.78 is 75.4. The van der Waals surface area contributed by atoms with E-state index in [4.69, 9.17) is 19.3 Å². The zero-order valence-corrected chi connectivity index (χ0v) is 41.9. The van der Waals surface area contributed by atoms with Gasteiger partial charge in [-0.1, -0.05) is 48.5 Å². The fraction of sp³-hybridized carbons (Fsp3) is 0.392. The van der Waals surface area contributed by atoms with Crippen molar-refractivity contribution in [3.05, 3.63) is 131 Å². The highest BCUT2D eigenvalue weighted by Gasteiger charge is 2.28. The smallest absolute Gasteiger partial charge is 0.218 e. The summed E-state index contributed by atoms with van der Waals surface area (Å²) >= 11 is 0. The van der Waals surface area contributed by atoms with Gasteiger partial charge in [0.25, 0.3) is 0 Å². The first-order valence-corrected chi connectivity index (χ1v) is 26.4. The molecule has 7 rings (SSSR count). The van der Waals surface area contributed by atoms with E-state index in [1.807, 2.05) is 119 Å². The highest BCUT2D eigenvalue weighted by molar-refractivity contribution is 7.89. The molecular weight excluding hydrogens is 903 g/mol. The minimum atomic E-state index is -3.36. The number of ether oxygens (including phenoxy) is 3. The van der Waals surface area contributed by atoms with Crippen LogP contribution >= 0.6 is 0 Å². The topological polar surface area (TPSA) is 185 Å². The molecule has 0 radical (unpaired) electrons. The molecule has 364 valence electrons. The van der Waals surface area contributed by atoms with Gasteiger partial charge in [0.1, 0.15) is 17.8 Å². The molecule has 2 aromatic heterocycles.